The minimum Gasteiger partial charge on any atom is -0.322 e. The number of nitrogens with zero attached hydrogens (tertiary/aromatic N) is 1. The highest BCUT2D eigenvalue weighted by Crippen LogP contribution is 2.45. The maximum absolute atomic E-state index is 12.4. The van der Waals surface area contributed by atoms with Crippen molar-refractivity contribution in [1.82, 2.24) is 4.98 Å². The lowest BCUT2D eigenvalue weighted by Crippen LogP contribution is -2.27. The van der Waals surface area contributed by atoms with Crippen molar-refractivity contribution in [3.63, 3.8) is 0 Å². The Balaban J connectivity index is 1.48. The Hall–Kier alpha value is -2.42. The first-order valence-electron chi connectivity index (χ1n) is 9.72. The second kappa shape index (κ2) is 7.45. The van der Waals surface area contributed by atoms with Gasteiger partial charge in [0, 0.05) is 23.5 Å². The van der Waals surface area contributed by atoms with Crippen molar-refractivity contribution in [3.05, 3.63) is 71.6 Å². The summed E-state index contributed by atoms with van der Waals surface area (Å²) in [5.74, 6) is 2.06. The highest BCUT2D eigenvalue weighted by molar-refractivity contribution is 6.04. The van der Waals surface area contributed by atoms with Crippen LogP contribution in [0.15, 0.2) is 54.7 Å². The molecular formula is C23H26N2O. The van der Waals surface area contributed by atoms with Crippen LogP contribution < -0.4 is 5.32 Å². The number of hydrogen-bond acceptors (Lipinski definition) is 2. The summed E-state index contributed by atoms with van der Waals surface area (Å²) in [6.45, 7) is 1.86. The molecule has 2 aromatic rings. The van der Waals surface area contributed by atoms with Gasteiger partial charge in [-0.3, -0.25) is 9.78 Å². The van der Waals surface area contributed by atoms with E-state index < -0.39 is 0 Å². The average molecular weight is 346 g/mol. The molecule has 3 nitrogen and oxygen atoms in total. The Kier molecular flexibility index (Phi) is 4.87. The number of hydrogen-bond donors (Lipinski definition) is 1. The number of anilines is 1. The lowest BCUT2D eigenvalue weighted by atomic mass is 9.66. The summed E-state index contributed by atoms with van der Waals surface area (Å²) in [6.07, 6.45) is 13.2. The molecule has 0 bridgehead atoms. The van der Waals surface area contributed by atoms with Crippen LogP contribution in [0.25, 0.3) is 0 Å². The third-order valence-corrected chi connectivity index (χ3v) is 6.02. The first kappa shape index (κ1) is 17.0. The lowest BCUT2D eigenvalue weighted by molar-refractivity contribution is 0.102. The maximum Gasteiger partial charge on any atom is 0.257 e. The zero-order valence-electron chi connectivity index (χ0n) is 15.3. The number of carbonyl (C=O) groups excluding carboxylic acids is 1. The number of carbonyl (C=O) groups is 1. The second-order valence-electron chi connectivity index (χ2n) is 7.61. The summed E-state index contributed by atoms with van der Waals surface area (Å²) in [6, 6.07) is 12.0. The minimum absolute atomic E-state index is 0.103. The van der Waals surface area contributed by atoms with Crippen LogP contribution in [-0.2, 0) is 0 Å². The first-order chi connectivity index (χ1) is 12.7. The van der Waals surface area contributed by atoms with E-state index in [1.165, 1.54) is 37.7 Å². The van der Waals surface area contributed by atoms with E-state index in [-0.39, 0.29) is 5.91 Å². The largest absolute Gasteiger partial charge is 0.322 e. The molecule has 26 heavy (non-hydrogen) atoms. The van der Waals surface area contributed by atoms with Crippen molar-refractivity contribution < 1.29 is 4.79 Å². The number of aromatic nitrogens is 1. The standard InChI is InChI=1S/C23H26N2O/c1-16-20(10-5-15-24-16)23(26)25-19-13-11-18(12-14-19)22-9-4-7-17-6-2-3-8-21(17)22/h4-5,9-15,17,21-22H,2-3,6-8H2,1H3,(H,25,26). The Morgan fingerprint density at radius 3 is 2.73 bits per heavy atom. The van der Waals surface area contributed by atoms with E-state index in [0.29, 0.717) is 11.5 Å². The fourth-order valence-corrected chi connectivity index (χ4v) is 4.61. The third-order valence-electron chi connectivity index (χ3n) is 6.02. The Bertz CT molecular complexity index is 809. The van der Waals surface area contributed by atoms with E-state index in [9.17, 15) is 4.79 Å². The minimum atomic E-state index is -0.103. The molecule has 0 saturated heterocycles. The van der Waals surface area contributed by atoms with Gasteiger partial charge in [-0.25, -0.2) is 0 Å². The van der Waals surface area contributed by atoms with Gasteiger partial charge in [-0.1, -0.05) is 37.1 Å². The molecule has 2 aliphatic carbocycles. The fourth-order valence-electron chi connectivity index (χ4n) is 4.61. The van der Waals surface area contributed by atoms with E-state index in [1.54, 1.807) is 12.3 Å². The number of allylic oxidation sites excluding steroid dienone is 2. The molecule has 1 heterocycles. The number of nitrogens with one attached hydrogen (secondary N) is 1. The van der Waals surface area contributed by atoms with Gasteiger partial charge in [-0.05, 0) is 67.9 Å². The van der Waals surface area contributed by atoms with E-state index in [0.717, 1.165) is 23.2 Å². The van der Waals surface area contributed by atoms with E-state index in [4.69, 9.17) is 0 Å². The van der Waals surface area contributed by atoms with Crippen molar-refractivity contribution in [2.24, 2.45) is 11.8 Å². The molecule has 0 aliphatic heterocycles. The van der Waals surface area contributed by atoms with Gasteiger partial charge in [0.15, 0.2) is 0 Å². The molecule has 3 atom stereocenters. The molecule has 1 amide bonds. The summed E-state index contributed by atoms with van der Waals surface area (Å²) >= 11 is 0. The second-order valence-corrected chi connectivity index (χ2v) is 7.61. The molecule has 1 N–H and O–H groups in total. The zero-order chi connectivity index (χ0) is 17.9. The normalized spacial score (nSPS) is 24.7. The summed E-state index contributed by atoms with van der Waals surface area (Å²) < 4.78 is 0. The van der Waals surface area contributed by atoms with Gasteiger partial charge < -0.3 is 5.32 Å². The summed E-state index contributed by atoms with van der Waals surface area (Å²) in [5.41, 5.74) is 3.57. The van der Waals surface area contributed by atoms with Crippen molar-refractivity contribution in [1.29, 1.82) is 0 Å². The molecule has 3 unspecified atom stereocenters. The number of aryl methyl sites for hydroxylation is 1. The predicted octanol–water partition coefficient (Wildman–Crippen LogP) is 5.49. The highest BCUT2D eigenvalue weighted by atomic mass is 16.1. The van der Waals surface area contributed by atoms with Crippen LogP contribution in [0.5, 0.6) is 0 Å². The van der Waals surface area contributed by atoms with Crippen LogP contribution in [0.3, 0.4) is 0 Å². The molecule has 3 heteroatoms. The van der Waals surface area contributed by atoms with Gasteiger partial charge in [-0.2, -0.15) is 0 Å². The Morgan fingerprint density at radius 1 is 1.12 bits per heavy atom. The number of benzene rings is 1. The van der Waals surface area contributed by atoms with Crippen molar-refractivity contribution >= 4 is 11.6 Å². The Labute approximate surface area is 155 Å². The molecule has 134 valence electrons. The van der Waals surface area contributed by atoms with Crippen LogP contribution in [0, 0.1) is 18.8 Å². The average Bonchev–Trinajstić information content (AvgIpc) is 2.68. The zero-order valence-corrected chi connectivity index (χ0v) is 15.3. The molecule has 0 radical (unpaired) electrons. The highest BCUT2D eigenvalue weighted by Gasteiger charge is 2.32. The SMILES string of the molecule is Cc1ncccc1C(=O)Nc1ccc(C2C=CCC3CCCCC32)cc1. The smallest absolute Gasteiger partial charge is 0.257 e. The maximum atomic E-state index is 12.4. The van der Waals surface area contributed by atoms with Crippen LogP contribution >= 0.6 is 0 Å². The van der Waals surface area contributed by atoms with Gasteiger partial charge in [0.1, 0.15) is 0 Å². The molecule has 2 aliphatic rings. The molecule has 0 spiro atoms. The molecule has 1 saturated carbocycles. The van der Waals surface area contributed by atoms with Crippen molar-refractivity contribution in [2.75, 3.05) is 5.32 Å². The molecule has 1 fully saturated rings. The Morgan fingerprint density at radius 2 is 1.92 bits per heavy atom. The summed E-state index contributed by atoms with van der Waals surface area (Å²) in [7, 11) is 0. The van der Waals surface area contributed by atoms with Crippen molar-refractivity contribution in [3.8, 4) is 0 Å². The molecule has 4 rings (SSSR count). The fraction of sp³-hybridized carbons (Fsp3) is 0.391. The van der Waals surface area contributed by atoms with Gasteiger partial charge in [0.2, 0.25) is 0 Å². The quantitative estimate of drug-likeness (QED) is 0.746. The summed E-state index contributed by atoms with van der Waals surface area (Å²) in [4.78, 5) is 16.6. The van der Waals surface area contributed by atoms with E-state index in [1.807, 2.05) is 25.1 Å². The number of rotatable bonds is 3. The first-order valence-corrected chi connectivity index (χ1v) is 9.72. The number of amides is 1. The van der Waals surface area contributed by atoms with Gasteiger partial charge in [-0.15, -0.1) is 0 Å². The van der Waals surface area contributed by atoms with E-state index >= 15 is 0 Å². The van der Waals surface area contributed by atoms with E-state index in [2.05, 4.69) is 34.6 Å². The lowest BCUT2D eigenvalue weighted by Gasteiger charge is -2.38. The van der Waals surface area contributed by atoms with Crippen LogP contribution in [0.1, 0.15) is 59.6 Å². The third kappa shape index (κ3) is 3.44. The monoisotopic (exact) mass is 346 g/mol. The number of fused-ring (bicyclic) bond motifs is 1. The van der Waals surface area contributed by atoms with Crippen LogP contribution in [-0.4, -0.2) is 10.9 Å². The predicted molar refractivity (Wildman–Crippen MR) is 105 cm³/mol. The van der Waals surface area contributed by atoms with Crippen LogP contribution in [0.2, 0.25) is 0 Å². The van der Waals surface area contributed by atoms with Gasteiger partial charge in [0.05, 0.1) is 5.56 Å². The van der Waals surface area contributed by atoms with Gasteiger partial charge in [0.25, 0.3) is 5.91 Å². The van der Waals surface area contributed by atoms with Crippen LogP contribution in [0.4, 0.5) is 5.69 Å². The molecule has 1 aromatic heterocycles. The summed E-state index contributed by atoms with van der Waals surface area (Å²) in [5, 5.41) is 2.99. The van der Waals surface area contributed by atoms with Gasteiger partial charge >= 0.3 is 0 Å². The number of pyridine rings is 1. The van der Waals surface area contributed by atoms with Crippen molar-refractivity contribution in [2.45, 2.75) is 44.9 Å². The molecule has 1 aromatic carbocycles. The molecular weight excluding hydrogens is 320 g/mol. The topological polar surface area (TPSA) is 42.0 Å².